The molecule has 1 saturated carbocycles. The van der Waals surface area contributed by atoms with Gasteiger partial charge >= 0.3 is 0 Å². The van der Waals surface area contributed by atoms with Crippen molar-refractivity contribution in [1.82, 2.24) is 10.3 Å². The van der Waals surface area contributed by atoms with Gasteiger partial charge in [0.2, 0.25) is 0 Å². The molecule has 1 aromatic heterocycles. The van der Waals surface area contributed by atoms with E-state index < -0.39 is 4.92 Å². The summed E-state index contributed by atoms with van der Waals surface area (Å²) in [6.07, 6.45) is 6.28. The first-order valence-electron chi connectivity index (χ1n) is 7.42. The molecule has 1 N–H and O–H groups in total. The van der Waals surface area contributed by atoms with Crippen LogP contribution in [0.15, 0.2) is 16.7 Å². The lowest BCUT2D eigenvalue weighted by Gasteiger charge is -2.33. The van der Waals surface area contributed by atoms with Crippen LogP contribution in [0.1, 0.15) is 25.7 Å². The Kier molecular flexibility index (Phi) is 4.40. The van der Waals surface area contributed by atoms with Gasteiger partial charge in [-0.25, -0.2) is 4.98 Å². The largest absolute Gasteiger partial charge is 0.356 e. The van der Waals surface area contributed by atoms with Crippen molar-refractivity contribution in [3.63, 3.8) is 0 Å². The van der Waals surface area contributed by atoms with E-state index >= 15 is 0 Å². The van der Waals surface area contributed by atoms with Crippen LogP contribution < -0.4 is 10.2 Å². The fourth-order valence-electron chi connectivity index (χ4n) is 2.70. The molecule has 1 aromatic rings. The van der Waals surface area contributed by atoms with Crippen LogP contribution in [-0.4, -0.2) is 35.6 Å². The fourth-order valence-corrected chi connectivity index (χ4v) is 3.29. The van der Waals surface area contributed by atoms with Crippen LogP contribution in [0.5, 0.6) is 0 Å². The van der Waals surface area contributed by atoms with E-state index in [-0.39, 0.29) is 5.69 Å². The van der Waals surface area contributed by atoms with Crippen molar-refractivity contribution in [3.8, 4) is 0 Å². The van der Waals surface area contributed by atoms with E-state index in [1.54, 1.807) is 0 Å². The number of hydrogen-bond donors (Lipinski definition) is 1. The van der Waals surface area contributed by atoms with Gasteiger partial charge in [0.25, 0.3) is 5.69 Å². The Bertz CT molecular complexity index is 528. The smallest absolute Gasteiger partial charge is 0.288 e. The molecule has 0 aromatic carbocycles. The van der Waals surface area contributed by atoms with Crippen LogP contribution in [0.4, 0.5) is 11.5 Å². The van der Waals surface area contributed by atoms with Gasteiger partial charge in [0, 0.05) is 25.2 Å². The van der Waals surface area contributed by atoms with Crippen molar-refractivity contribution < 1.29 is 4.92 Å². The number of nitrogens with zero attached hydrogens (tertiary/aromatic N) is 3. The molecule has 2 aliphatic rings. The van der Waals surface area contributed by atoms with Crippen molar-refractivity contribution in [3.05, 3.63) is 26.9 Å². The number of hydrogen-bond acceptors (Lipinski definition) is 5. The van der Waals surface area contributed by atoms with E-state index in [0.29, 0.717) is 10.5 Å². The number of aromatic nitrogens is 1. The third-order valence-electron chi connectivity index (χ3n) is 4.20. The maximum atomic E-state index is 10.7. The zero-order valence-corrected chi connectivity index (χ0v) is 13.4. The highest BCUT2D eigenvalue weighted by atomic mass is 79.9. The zero-order valence-electron chi connectivity index (χ0n) is 11.8. The first-order valence-corrected chi connectivity index (χ1v) is 8.21. The molecular formula is C14H19BrN4O2. The Hall–Kier alpha value is -1.21. The number of piperidine rings is 1. The molecule has 0 amide bonds. The molecule has 0 spiro atoms. The Morgan fingerprint density at radius 1 is 1.38 bits per heavy atom. The number of nitrogens with one attached hydrogen (secondary N) is 1. The molecule has 0 unspecified atom stereocenters. The third-order valence-corrected chi connectivity index (χ3v) is 4.79. The van der Waals surface area contributed by atoms with Crippen molar-refractivity contribution in [2.45, 2.75) is 31.7 Å². The summed E-state index contributed by atoms with van der Waals surface area (Å²) < 4.78 is 0.695. The van der Waals surface area contributed by atoms with Gasteiger partial charge in [-0.2, -0.15) is 0 Å². The molecule has 7 heteroatoms. The molecule has 3 rings (SSSR count). The second-order valence-electron chi connectivity index (χ2n) is 5.87. The predicted molar refractivity (Wildman–Crippen MR) is 84.6 cm³/mol. The van der Waals surface area contributed by atoms with Gasteiger partial charge in [-0.1, -0.05) is 0 Å². The van der Waals surface area contributed by atoms with Gasteiger partial charge in [0.05, 0.1) is 9.40 Å². The SMILES string of the molecule is O=[N+]([O-])c1cnc(N2CCC(NCC3CC3)CC2)c(Br)c1. The molecule has 2 heterocycles. The first-order chi connectivity index (χ1) is 10.1. The Morgan fingerprint density at radius 3 is 2.67 bits per heavy atom. The summed E-state index contributed by atoms with van der Waals surface area (Å²) in [5.41, 5.74) is 0.0200. The van der Waals surface area contributed by atoms with Crippen molar-refractivity contribution in [2.75, 3.05) is 24.5 Å². The van der Waals surface area contributed by atoms with Crippen LogP contribution in [-0.2, 0) is 0 Å². The average Bonchev–Trinajstić information content (AvgIpc) is 3.30. The summed E-state index contributed by atoms with van der Waals surface area (Å²) in [6.45, 7) is 3.03. The standard InChI is InChI=1S/C14H19BrN4O2/c15-13-7-12(19(20)21)9-17-14(13)18-5-3-11(4-6-18)16-8-10-1-2-10/h7,9-11,16H,1-6,8H2. The minimum atomic E-state index is -0.421. The molecule has 0 atom stereocenters. The second kappa shape index (κ2) is 6.27. The maximum Gasteiger partial charge on any atom is 0.288 e. The van der Waals surface area contributed by atoms with Crippen molar-refractivity contribution >= 4 is 27.4 Å². The van der Waals surface area contributed by atoms with Crippen LogP contribution >= 0.6 is 15.9 Å². The first kappa shape index (κ1) is 14.7. The number of anilines is 1. The predicted octanol–water partition coefficient (Wildman–Crippen LogP) is 2.72. The molecule has 1 saturated heterocycles. The summed E-state index contributed by atoms with van der Waals surface area (Å²) in [6, 6.07) is 2.12. The van der Waals surface area contributed by atoms with Gasteiger partial charge in [-0.15, -0.1) is 0 Å². The second-order valence-corrected chi connectivity index (χ2v) is 6.72. The zero-order chi connectivity index (χ0) is 14.8. The van der Waals surface area contributed by atoms with E-state index in [4.69, 9.17) is 0 Å². The highest BCUT2D eigenvalue weighted by Gasteiger charge is 2.25. The van der Waals surface area contributed by atoms with Gasteiger partial charge < -0.3 is 10.2 Å². The highest BCUT2D eigenvalue weighted by Crippen LogP contribution is 2.30. The van der Waals surface area contributed by atoms with Crippen LogP contribution in [0.2, 0.25) is 0 Å². The molecule has 1 aliphatic heterocycles. The lowest BCUT2D eigenvalue weighted by atomic mass is 10.0. The molecular weight excluding hydrogens is 336 g/mol. The van der Waals surface area contributed by atoms with Gasteiger partial charge in [-0.05, 0) is 54.1 Å². The van der Waals surface area contributed by atoms with E-state index in [9.17, 15) is 10.1 Å². The maximum absolute atomic E-state index is 10.7. The fraction of sp³-hybridized carbons (Fsp3) is 0.643. The Balaban J connectivity index is 1.57. The van der Waals surface area contributed by atoms with Crippen LogP contribution in [0.3, 0.4) is 0 Å². The Morgan fingerprint density at radius 2 is 2.10 bits per heavy atom. The average molecular weight is 355 g/mol. The van der Waals surface area contributed by atoms with Crippen LogP contribution in [0.25, 0.3) is 0 Å². The van der Waals surface area contributed by atoms with E-state index in [2.05, 4.69) is 31.1 Å². The lowest BCUT2D eigenvalue weighted by molar-refractivity contribution is -0.385. The van der Waals surface area contributed by atoms with Crippen LogP contribution in [0, 0.1) is 16.0 Å². The number of halogens is 1. The van der Waals surface area contributed by atoms with Gasteiger partial charge in [0.1, 0.15) is 12.0 Å². The van der Waals surface area contributed by atoms with E-state index in [0.717, 1.165) is 44.2 Å². The van der Waals surface area contributed by atoms with Crippen molar-refractivity contribution in [1.29, 1.82) is 0 Å². The molecule has 0 radical (unpaired) electrons. The molecule has 1 aliphatic carbocycles. The third kappa shape index (κ3) is 3.71. The molecule has 114 valence electrons. The normalized spacial score (nSPS) is 19.8. The molecule has 2 fully saturated rings. The molecule has 21 heavy (non-hydrogen) atoms. The number of rotatable bonds is 5. The van der Waals surface area contributed by atoms with E-state index in [1.165, 1.54) is 25.1 Å². The van der Waals surface area contributed by atoms with E-state index in [1.807, 2.05) is 0 Å². The van der Waals surface area contributed by atoms with Gasteiger partial charge in [-0.3, -0.25) is 10.1 Å². The minimum Gasteiger partial charge on any atom is -0.356 e. The quantitative estimate of drug-likeness (QED) is 0.650. The monoisotopic (exact) mass is 354 g/mol. The van der Waals surface area contributed by atoms with Crippen molar-refractivity contribution in [2.24, 2.45) is 5.92 Å². The summed E-state index contributed by atoms with van der Waals surface area (Å²) >= 11 is 3.40. The highest BCUT2D eigenvalue weighted by molar-refractivity contribution is 9.10. The molecule has 0 bridgehead atoms. The summed E-state index contributed by atoms with van der Waals surface area (Å²) in [4.78, 5) is 16.8. The lowest BCUT2D eigenvalue weighted by Crippen LogP contribution is -2.43. The van der Waals surface area contributed by atoms with Gasteiger partial charge in [0.15, 0.2) is 0 Å². The minimum absolute atomic E-state index is 0.0200. The summed E-state index contributed by atoms with van der Waals surface area (Å²) in [7, 11) is 0. The molecule has 6 nitrogen and oxygen atoms in total. The summed E-state index contributed by atoms with van der Waals surface area (Å²) in [5.74, 6) is 1.72. The number of pyridine rings is 1. The Labute approximate surface area is 132 Å². The number of nitro groups is 1. The summed E-state index contributed by atoms with van der Waals surface area (Å²) in [5, 5.41) is 14.4. The topological polar surface area (TPSA) is 71.3 Å².